The van der Waals surface area contributed by atoms with Gasteiger partial charge in [-0.2, -0.15) is 0 Å². The van der Waals surface area contributed by atoms with Crippen LogP contribution in [0.3, 0.4) is 0 Å². The first-order chi connectivity index (χ1) is 20.7. The molecule has 3 heteroatoms. The van der Waals surface area contributed by atoms with Crippen LogP contribution in [0.1, 0.15) is 42.4 Å². The molecule has 1 nitrogen and oxygen atoms in total. The fourth-order valence-corrected chi connectivity index (χ4v) is 4.66. The van der Waals surface area contributed by atoms with Gasteiger partial charge in [-0.15, -0.1) is 0 Å². The maximum atomic E-state index is 3.40. The van der Waals surface area contributed by atoms with Crippen LogP contribution in [0.15, 0.2) is 134 Å². The molecule has 216 valence electrons. The second-order valence-corrected chi connectivity index (χ2v) is 10.8. The molecule has 0 saturated carbocycles. The topological polar surface area (TPSA) is 3.88 Å². The average Bonchev–Trinajstić information content (AvgIpc) is 3.05. The summed E-state index contributed by atoms with van der Waals surface area (Å²) >= 11 is 3.40. The van der Waals surface area contributed by atoms with E-state index < -0.39 is 0 Å². The second kappa shape index (κ2) is 19.3. The summed E-state index contributed by atoms with van der Waals surface area (Å²) in [5, 5.41) is 1.02. The molecule has 1 heterocycles. The molecular formula is C40H37Br2N. The molecule has 1 aromatic heterocycles. The van der Waals surface area contributed by atoms with E-state index in [9.17, 15) is 0 Å². The lowest BCUT2D eigenvalue weighted by Crippen LogP contribution is -3.00. The van der Waals surface area contributed by atoms with E-state index >= 15 is 0 Å². The number of unbranched alkanes of at least 4 members (excludes halogenated alkanes) is 2. The Kier molecular flexibility index (Phi) is 15.1. The summed E-state index contributed by atoms with van der Waals surface area (Å²) in [6.45, 7) is 3.14. The molecule has 43 heavy (non-hydrogen) atoms. The zero-order valence-corrected chi connectivity index (χ0v) is 27.8. The summed E-state index contributed by atoms with van der Waals surface area (Å²) in [7, 11) is 0. The maximum absolute atomic E-state index is 3.40. The highest BCUT2D eigenvalue weighted by Crippen LogP contribution is 2.20. The number of nitrogens with zero attached hydrogens (tertiary/aromatic N) is 1. The number of rotatable bonds is 7. The fraction of sp³-hybridized carbons (Fsp3) is 0.175. The molecule has 0 aliphatic carbocycles. The molecule has 0 bridgehead atoms. The van der Waals surface area contributed by atoms with Crippen LogP contribution in [0.5, 0.6) is 0 Å². The summed E-state index contributed by atoms with van der Waals surface area (Å²) in [5.41, 5.74) is 8.42. The van der Waals surface area contributed by atoms with Gasteiger partial charge in [-0.05, 0) is 65.9 Å². The zero-order chi connectivity index (χ0) is 29.2. The van der Waals surface area contributed by atoms with E-state index in [-0.39, 0.29) is 17.0 Å². The van der Waals surface area contributed by atoms with Crippen molar-refractivity contribution in [1.29, 1.82) is 0 Å². The molecule has 0 N–H and O–H groups in total. The van der Waals surface area contributed by atoms with Crippen LogP contribution in [0, 0.1) is 30.6 Å². The SMILES string of the molecule is BrCCCC#Cc1ccc(-c2ccccc2)cc1.Cc1ccc[n+](CCCC#Cc2ccc(-c3ccccc3)cc2)c1.[Br-]. The number of hydrogen-bond donors (Lipinski definition) is 0. The van der Waals surface area contributed by atoms with Crippen LogP contribution in [0.25, 0.3) is 22.3 Å². The largest absolute Gasteiger partial charge is 1.00 e. The Hall–Kier alpha value is -3.89. The zero-order valence-electron chi connectivity index (χ0n) is 24.6. The van der Waals surface area contributed by atoms with Gasteiger partial charge in [0.1, 0.15) is 6.54 Å². The van der Waals surface area contributed by atoms with Crippen LogP contribution >= 0.6 is 15.9 Å². The molecule has 0 atom stereocenters. The van der Waals surface area contributed by atoms with Crippen LogP contribution in [0.2, 0.25) is 0 Å². The van der Waals surface area contributed by atoms with Gasteiger partial charge in [-0.25, -0.2) is 4.57 Å². The van der Waals surface area contributed by atoms with Gasteiger partial charge in [0.2, 0.25) is 0 Å². The lowest BCUT2D eigenvalue weighted by atomic mass is 10.0. The maximum Gasteiger partial charge on any atom is 0.171 e. The van der Waals surface area contributed by atoms with E-state index in [0.717, 1.165) is 48.7 Å². The van der Waals surface area contributed by atoms with Crippen molar-refractivity contribution in [2.24, 2.45) is 0 Å². The summed E-state index contributed by atoms with van der Waals surface area (Å²) < 4.78 is 2.23. The summed E-state index contributed by atoms with van der Waals surface area (Å²) in [6.07, 6.45) is 8.34. The van der Waals surface area contributed by atoms with Gasteiger partial charge < -0.3 is 17.0 Å². The van der Waals surface area contributed by atoms with Gasteiger partial charge in [0.05, 0.1) is 0 Å². The third kappa shape index (κ3) is 12.1. The van der Waals surface area contributed by atoms with E-state index in [1.165, 1.54) is 27.8 Å². The molecule has 4 aromatic carbocycles. The predicted molar refractivity (Wildman–Crippen MR) is 181 cm³/mol. The standard InChI is InChI=1S/C23H22N.C17H15Br.BrH/c1-20-9-8-18-24(19-20)17-7-3-4-10-21-13-15-23(16-14-21)22-11-5-2-6-12-22;18-14-6-2-3-7-15-10-12-17(13-11-15)16-8-4-1-5-9-16;/h2,5-6,8-9,11-16,18-19H,3,7,17H2,1H3;1,4-5,8-13H,2,6,14H2;1H/q+1;;/p-1. The normalized spacial score (nSPS) is 9.63. The Bertz CT molecular complexity index is 1620. The fourth-order valence-electron chi connectivity index (χ4n) is 4.38. The number of hydrogen-bond acceptors (Lipinski definition) is 0. The highest BCUT2D eigenvalue weighted by molar-refractivity contribution is 9.09. The van der Waals surface area contributed by atoms with Crippen molar-refractivity contribution in [3.8, 4) is 45.9 Å². The van der Waals surface area contributed by atoms with E-state index in [1.807, 2.05) is 12.1 Å². The summed E-state index contributed by atoms with van der Waals surface area (Å²) in [4.78, 5) is 0. The molecule has 0 saturated heterocycles. The lowest BCUT2D eigenvalue weighted by molar-refractivity contribution is -0.697. The van der Waals surface area contributed by atoms with Crippen LogP contribution in [-0.4, -0.2) is 5.33 Å². The van der Waals surface area contributed by atoms with Crippen LogP contribution < -0.4 is 21.5 Å². The average molecular weight is 692 g/mol. The lowest BCUT2D eigenvalue weighted by Gasteiger charge is -2.00. The van der Waals surface area contributed by atoms with Crippen molar-refractivity contribution in [3.05, 3.63) is 150 Å². The van der Waals surface area contributed by atoms with Gasteiger partial charge in [0, 0.05) is 47.3 Å². The Balaban J connectivity index is 0.000000239. The third-order valence-corrected chi connectivity index (χ3v) is 7.17. The van der Waals surface area contributed by atoms with E-state index in [1.54, 1.807) is 0 Å². The van der Waals surface area contributed by atoms with Crippen molar-refractivity contribution in [2.45, 2.75) is 39.2 Å². The van der Waals surface area contributed by atoms with Gasteiger partial charge in [0.15, 0.2) is 12.4 Å². The van der Waals surface area contributed by atoms with Crippen molar-refractivity contribution >= 4 is 15.9 Å². The number of benzene rings is 4. The van der Waals surface area contributed by atoms with E-state index in [4.69, 9.17) is 0 Å². The molecule has 0 unspecified atom stereocenters. The molecule has 0 amide bonds. The highest BCUT2D eigenvalue weighted by Gasteiger charge is 1.99. The first kappa shape index (κ1) is 33.6. The van der Waals surface area contributed by atoms with Gasteiger partial charge in [0.25, 0.3) is 0 Å². The first-order valence-electron chi connectivity index (χ1n) is 14.5. The number of alkyl halides is 1. The Labute approximate surface area is 276 Å². The summed E-state index contributed by atoms with van der Waals surface area (Å²) in [5.74, 6) is 12.9. The van der Waals surface area contributed by atoms with Crippen molar-refractivity contribution < 1.29 is 21.5 Å². The molecule has 0 spiro atoms. The van der Waals surface area contributed by atoms with Crippen LogP contribution in [0.4, 0.5) is 0 Å². The molecule has 0 radical (unpaired) electrons. The van der Waals surface area contributed by atoms with Crippen molar-refractivity contribution in [2.75, 3.05) is 5.33 Å². The van der Waals surface area contributed by atoms with Crippen molar-refractivity contribution in [1.82, 2.24) is 0 Å². The van der Waals surface area contributed by atoms with Gasteiger partial charge in [-0.3, -0.25) is 0 Å². The first-order valence-corrected chi connectivity index (χ1v) is 15.6. The smallest absolute Gasteiger partial charge is 0.171 e. The van der Waals surface area contributed by atoms with Gasteiger partial charge >= 0.3 is 0 Å². The molecule has 5 rings (SSSR count). The predicted octanol–water partition coefficient (Wildman–Crippen LogP) is 6.67. The van der Waals surface area contributed by atoms with Crippen molar-refractivity contribution in [3.63, 3.8) is 0 Å². The number of aromatic nitrogens is 1. The Morgan fingerprint density at radius 3 is 1.49 bits per heavy atom. The second-order valence-electron chi connectivity index (χ2n) is 10.0. The number of pyridine rings is 1. The minimum atomic E-state index is 0. The van der Waals surface area contributed by atoms with E-state index in [0.29, 0.717) is 0 Å². The van der Waals surface area contributed by atoms with Crippen LogP contribution in [-0.2, 0) is 6.54 Å². The third-order valence-electron chi connectivity index (χ3n) is 6.61. The monoisotopic (exact) mass is 689 g/mol. The molecule has 0 aliphatic rings. The molecule has 5 aromatic rings. The number of aryl methyl sites for hydroxylation is 2. The molecule has 0 aliphatic heterocycles. The number of halogens is 2. The highest BCUT2D eigenvalue weighted by atomic mass is 79.9. The molecular weight excluding hydrogens is 654 g/mol. The minimum Gasteiger partial charge on any atom is -1.00 e. The Morgan fingerprint density at radius 2 is 1.02 bits per heavy atom. The van der Waals surface area contributed by atoms with E-state index in [2.05, 4.69) is 173 Å². The van der Waals surface area contributed by atoms with Gasteiger partial charge in [-0.1, -0.05) is 125 Å². The Morgan fingerprint density at radius 1 is 0.558 bits per heavy atom. The quantitative estimate of drug-likeness (QED) is 0.0778. The summed E-state index contributed by atoms with van der Waals surface area (Å²) in [6, 6.07) is 42.0. The minimum absolute atomic E-state index is 0. The molecule has 0 fully saturated rings.